The Hall–Kier alpha value is -1.91. The van der Waals surface area contributed by atoms with Gasteiger partial charge >= 0.3 is 0 Å². The number of fused-ring (bicyclic) bond motifs is 1. The third-order valence-electron chi connectivity index (χ3n) is 3.98. The lowest BCUT2D eigenvalue weighted by molar-refractivity contribution is -0.122. The molecule has 1 aliphatic heterocycles. The van der Waals surface area contributed by atoms with Gasteiger partial charge in [0.2, 0.25) is 5.91 Å². The first-order valence-corrected chi connectivity index (χ1v) is 8.97. The fraction of sp³-hybridized carbons (Fsp3) is 0.316. The number of amides is 1. The van der Waals surface area contributed by atoms with Gasteiger partial charge in [-0.15, -0.1) is 0 Å². The van der Waals surface area contributed by atoms with E-state index in [4.69, 9.17) is 32.7 Å². The summed E-state index contributed by atoms with van der Waals surface area (Å²) < 4.78 is 11.2. The van der Waals surface area contributed by atoms with E-state index in [2.05, 4.69) is 5.32 Å². The summed E-state index contributed by atoms with van der Waals surface area (Å²) in [5.41, 5.74) is 0.935. The standard InChI is InChI=1S/C19H19Cl2NO3/c20-13-3-6-15(7-4-13)24-10-1-2-19(23)22-17-9-11-25-18-8-5-14(21)12-16(17)18/h3-8,12,17H,1-2,9-11H2,(H,22,23). The molecule has 0 aromatic heterocycles. The van der Waals surface area contributed by atoms with E-state index in [0.717, 1.165) is 23.5 Å². The monoisotopic (exact) mass is 379 g/mol. The summed E-state index contributed by atoms with van der Waals surface area (Å²) in [6.45, 7) is 1.06. The Morgan fingerprint density at radius 2 is 1.92 bits per heavy atom. The highest BCUT2D eigenvalue weighted by atomic mass is 35.5. The minimum atomic E-state index is -0.0628. The van der Waals surface area contributed by atoms with Crippen molar-refractivity contribution in [2.75, 3.05) is 13.2 Å². The van der Waals surface area contributed by atoms with E-state index >= 15 is 0 Å². The van der Waals surface area contributed by atoms with Crippen LogP contribution in [0.2, 0.25) is 10.0 Å². The van der Waals surface area contributed by atoms with E-state index in [0.29, 0.717) is 36.1 Å². The zero-order valence-corrected chi connectivity index (χ0v) is 15.1. The van der Waals surface area contributed by atoms with Crippen LogP contribution < -0.4 is 14.8 Å². The quantitative estimate of drug-likeness (QED) is 0.733. The molecule has 1 heterocycles. The van der Waals surface area contributed by atoms with Crippen LogP contribution in [0.15, 0.2) is 42.5 Å². The predicted octanol–water partition coefficient (Wildman–Crippen LogP) is 4.79. The van der Waals surface area contributed by atoms with Crippen molar-refractivity contribution in [3.8, 4) is 11.5 Å². The van der Waals surface area contributed by atoms with Crippen molar-refractivity contribution in [2.24, 2.45) is 0 Å². The number of benzene rings is 2. The molecule has 6 heteroatoms. The van der Waals surface area contributed by atoms with Crippen LogP contribution in [0.5, 0.6) is 11.5 Å². The summed E-state index contributed by atoms with van der Waals surface area (Å²) >= 11 is 11.9. The second-order valence-electron chi connectivity index (χ2n) is 5.85. The molecule has 0 radical (unpaired) electrons. The van der Waals surface area contributed by atoms with Crippen LogP contribution in [-0.4, -0.2) is 19.1 Å². The molecule has 2 aromatic carbocycles. The van der Waals surface area contributed by atoms with Crippen molar-refractivity contribution in [3.63, 3.8) is 0 Å². The zero-order chi connectivity index (χ0) is 17.6. The van der Waals surface area contributed by atoms with Crippen LogP contribution in [0.4, 0.5) is 0 Å². The molecule has 1 aliphatic rings. The van der Waals surface area contributed by atoms with E-state index in [1.807, 2.05) is 24.3 Å². The summed E-state index contributed by atoms with van der Waals surface area (Å²) in [6.07, 6.45) is 1.78. The van der Waals surface area contributed by atoms with Crippen LogP contribution in [0, 0.1) is 0 Å². The second-order valence-corrected chi connectivity index (χ2v) is 6.72. The molecule has 132 valence electrons. The Kier molecular flexibility index (Phi) is 6.05. The number of ether oxygens (including phenoxy) is 2. The Labute approximate surface area is 157 Å². The van der Waals surface area contributed by atoms with Crippen LogP contribution in [0.3, 0.4) is 0 Å². The molecule has 3 rings (SSSR count). The second kappa shape index (κ2) is 8.45. The van der Waals surface area contributed by atoms with Gasteiger partial charge in [-0.25, -0.2) is 0 Å². The number of hydrogen-bond donors (Lipinski definition) is 1. The maximum Gasteiger partial charge on any atom is 0.220 e. The van der Waals surface area contributed by atoms with Crippen molar-refractivity contribution < 1.29 is 14.3 Å². The normalized spacial score (nSPS) is 15.8. The average Bonchev–Trinajstić information content (AvgIpc) is 2.61. The van der Waals surface area contributed by atoms with Gasteiger partial charge in [0, 0.05) is 28.5 Å². The maximum absolute atomic E-state index is 12.2. The third-order valence-corrected chi connectivity index (χ3v) is 4.46. The Morgan fingerprint density at radius 3 is 2.72 bits per heavy atom. The molecule has 0 saturated heterocycles. The molecule has 0 saturated carbocycles. The predicted molar refractivity (Wildman–Crippen MR) is 98.6 cm³/mol. The highest BCUT2D eigenvalue weighted by molar-refractivity contribution is 6.30. The average molecular weight is 380 g/mol. The first-order valence-electron chi connectivity index (χ1n) is 8.22. The third kappa shape index (κ3) is 5.03. The smallest absolute Gasteiger partial charge is 0.220 e. The van der Waals surface area contributed by atoms with E-state index in [-0.39, 0.29) is 11.9 Å². The summed E-state index contributed by atoms with van der Waals surface area (Å²) in [5, 5.41) is 4.37. The van der Waals surface area contributed by atoms with E-state index in [9.17, 15) is 4.79 Å². The molecule has 1 amide bonds. The SMILES string of the molecule is O=C(CCCOc1ccc(Cl)cc1)NC1CCOc2ccc(Cl)cc21. The topological polar surface area (TPSA) is 47.6 Å². The lowest BCUT2D eigenvalue weighted by Crippen LogP contribution is -2.32. The van der Waals surface area contributed by atoms with Gasteiger partial charge in [-0.2, -0.15) is 0 Å². The number of carbonyl (C=O) groups is 1. The van der Waals surface area contributed by atoms with Gasteiger partial charge in [-0.1, -0.05) is 23.2 Å². The van der Waals surface area contributed by atoms with Crippen molar-refractivity contribution in [1.29, 1.82) is 0 Å². The van der Waals surface area contributed by atoms with Crippen molar-refractivity contribution in [3.05, 3.63) is 58.1 Å². The minimum Gasteiger partial charge on any atom is -0.494 e. The summed E-state index contributed by atoms with van der Waals surface area (Å²) in [7, 11) is 0. The zero-order valence-electron chi connectivity index (χ0n) is 13.6. The fourth-order valence-corrected chi connectivity index (χ4v) is 3.04. The Bertz CT molecular complexity index is 734. The van der Waals surface area contributed by atoms with E-state index in [1.165, 1.54) is 0 Å². The molecular weight excluding hydrogens is 361 g/mol. The molecule has 0 fully saturated rings. The largest absolute Gasteiger partial charge is 0.494 e. The number of nitrogens with one attached hydrogen (secondary N) is 1. The number of rotatable bonds is 6. The van der Waals surface area contributed by atoms with Gasteiger partial charge in [0.25, 0.3) is 0 Å². The van der Waals surface area contributed by atoms with Gasteiger partial charge in [0.15, 0.2) is 0 Å². The van der Waals surface area contributed by atoms with E-state index < -0.39 is 0 Å². The van der Waals surface area contributed by atoms with Crippen molar-refractivity contribution in [1.82, 2.24) is 5.32 Å². The van der Waals surface area contributed by atoms with Gasteiger partial charge in [0.1, 0.15) is 11.5 Å². The van der Waals surface area contributed by atoms with Crippen LogP contribution in [-0.2, 0) is 4.79 Å². The highest BCUT2D eigenvalue weighted by Gasteiger charge is 2.23. The number of halogens is 2. The summed E-state index contributed by atoms with van der Waals surface area (Å²) in [4.78, 5) is 12.2. The molecule has 0 bridgehead atoms. The minimum absolute atomic E-state index is 0.00229. The molecule has 1 atom stereocenters. The summed E-state index contributed by atoms with van der Waals surface area (Å²) in [6, 6.07) is 12.6. The molecule has 4 nitrogen and oxygen atoms in total. The summed E-state index contributed by atoms with van der Waals surface area (Å²) in [5.74, 6) is 1.53. The van der Waals surface area contributed by atoms with Crippen LogP contribution in [0.1, 0.15) is 30.9 Å². The first kappa shape index (κ1) is 17.9. The Balaban J connectivity index is 1.45. The maximum atomic E-state index is 12.2. The lowest BCUT2D eigenvalue weighted by atomic mass is 10.0. The van der Waals surface area contributed by atoms with E-state index in [1.54, 1.807) is 18.2 Å². The fourth-order valence-electron chi connectivity index (χ4n) is 2.74. The lowest BCUT2D eigenvalue weighted by Gasteiger charge is -2.27. The van der Waals surface area contributed by atoms with Crippen LogP contribution >= 0.6 is 23.2 Å². The molecule has 0 aliphatic carbocycles. The highest BCUT2D eigenvalue weighted by Crippen LogP contribution is 2.34. The van der Waals surface area contributed by atoms with Gasteiger partial charge in [0.05, 0.1) is 19.3 Å². The molecular formula is C19H19Cl2NO3. The molecule has 25 heavy (non-hydrogen) atoms. The van der Waals surface area contributed by atoms with Crippen LogP contribution in [0.25, 0.3) is 0 Å². The number of carbonyl (C=O) groups excluding carboxylic acids is 1. The van der Waals surface area contributed by atoms with Crippen molar-refractivity contribution in [2.45, 2.75) is 25.3 Å². The molecule has 1 unspecified atom stereocenters. The van der Waals surface area contributed by atoms with Gasteiger partial charge in [-0.3, -0.25) is 4.79 Å². The molecule has 0 spiro atoms. The molecule has 2 aromatic rings. The van der Waals surface area contributed by atoms with Crippen molar-refractivity contribution >= 4 is 29.1 Å². The number of hydrogen-bond acceptors (Lipinski definition) is 3. The first-order chi connectivity index (χ1) is 12.1. The van der Waals surface area contributed by atoms with Gasteiger partial charge < -0.3 is 14.8 Å². The van der Waals surface area contributed by atoms with Gasteiger partial charge in [-0.05, 0) is 48.9 Å². The Morgan fingerprint density at radius 1 is 1.16 bits per heavy atom. The molecule has 1 N–H and O–H groups in total.